The molecule has 1 atom stereocenters. The van der Waals surface area contributed by atoms with Gasteiger partial charge in [0.25, 0.3) is 10.0 Å². The predicted octanol–water partition coefficient (Wildman–Crippen LogP) is 6.45. The van der Waals surface area contributed by atoms with Crippen molar-refractivity contribution in [2.45, 2.75) is 71.5 Å². The fourth-order valence-corrected chi connectivity index (χ4v) is 6.53. The Bertz CT molecular complexity index is 1470. The zero-order valence-corrected chi connectivity index (χ0v) is 26.6. The normalized spacial score (nSPS) is 12.2. The van der Waals surface area contributed by atoms with Gasteiger partial charge in [-0.2, -0.15) is 0 Å². The molecule has 0 radical (unpaired) electrons. The van der Waals surface area contributed by atoms with Gasteiger partial charge in [0.1, 0.15) is 12.6 Å². The van der Waals surface area contributed by atoms with Crippen LogP contribution in [-0.2, 0) is 26.2 Å². The van der Waals surface area contributed by atoms with Crippen molar-refractivity contribution < 1.29 is 18.0 Å². The molecule has 0 aliphatic carbocycles. The number of hydrogen-bond acceptors (Lipinski definition) is 4. The van der Waals surface area contributed by atoms with Gasteiger partial charge in [-0.1, -0.05) is 60.0 Å². The molecule has 0 aliphatic rings. The van der Waals surface area contributed by atoms with Gasteiger partial charge in [0.05, 0.1) is 10.6 Å². The molecule has 0 unspecified atom stereocenters. The van der Waals surface area contributed by atoms with Gasteiger partial charge in [0.15, 0.2) is 0 Å². The SMILES string of the molecule is CC[C@H](C(=O)NC(C)C)N(Cc1c(Cl)cccc1Cl)C(=O)CN(c1cc(C)cc(C)c1)S(=O)(=O)c1ccc(C)cc1. The summed E-state index contributed by atoms with van der Waals surface area (Å²) in [5.74, 6) is -0.917. The van der Waals surface area contributed by atoms with Gasteiger partial charge in [-0.25, -0.2) is 8.42 Å². The van der Waals surface area contributed by atoms with Crippen LogP contribution in [0.2, 0.25) is 10.0 Å². The van der Waals surface area contributed by atoms with Crippen LogP contribution in [0, 0.1) is 20.8 Å². The molecular formula is C31H37Cl2N3O4S. The summed E-state index contributed by atoms with van der Waals surface area (Å²) in [5.41, 5.74) is 3.42. The lowest BCUT2D eigenvalue weighted by atomic mass is 10.1. The number of aryl methyl sites for hydroxylation is 3. The summed E-state index contributed by atoms with van der Waals surface area (Å²) >= 11 is 12.9. The third-order valence-electron chi connectivity index (χ3n) is 6.59. The Balaban J connectivity index is 2.14. The molecule has 0 fully saturated rings. The first-order valence-corrected chi connectivity index (χ1v) is 15.6. The molecule has 0 aliphatic heterocycles. The molecule has 0 aromatic heterocycles. The van der Waals surface area contributed by atoms with Gasteiger partial charge >= 0.3 is 0 Å². The summed E-state index contributed by atoms with van der Waals surface area (Å²) in [6.07, 6.45) is 0.292. The van der Waals surface area contributed by atoms with Crippen LogP contribution in [0.5, 0.6) is 0 Å². The first-order valence-electron chi connectivity index (χ1n) is 13.4. The van der Waals surface area contributed by atoms with Gasteiger partial charge < -0.3 is 10.2 Å². The fraction of sp³-hybridized carbons (Fsp3) is 0.355. The number of hydrogen-bond donors (Lipinski definition) is 1. The number of amides is 2. The average Bonchev–Trinajstić information content (AvgIpc) is 2.87. The largest absolute Gasteiger partial charge is 0.352 e. The maximum Gasteiger partial charge on any atom is 0.264 e. The molecule has 0 saturated carbocycles. The Kier molecular flexibility index (Phi) is 10.9. The van der Waals surface area contributed by atoms with Crippen molar-refractivity contribution >= 4 is 50.7 Å². The average molecular weight is 619 g/mol. The number of halogens is 2. The van der Waals surface area contributed by atoms with Crippen LogP contribution in [0.1, 0.15) is 49.4 Å². The molecule has 3 aromatic rings. The van der Waals surface area contributed by atoms with E-state index in [9.17, 15) is 18.0 Å². The highest BCUT2D eigenvalue weighted by molar-refractivity contribution is 7.92. The zero-order valence-electron chi connectivity index (χ0n) is 24.2. The molecule has 7 nitrogen and oxygen atoms in total. The van der Waals surface area contributed by atoms with Gasteiger partial charge in [-0.05, 0) is 88.6 Å². The minimum atomic E-state index is -4.16. The van der Waals surface area contributed by atoms with E-state index >= 15 is 0 Å². The number of anilines is 1. The molecule has 2 amide bonds. The zero-order chi connectivity index (χ0) is 30.5. The van der Waals surface area contributed by atoms with Crippen LogP contribution < -0.4 is 9.62 Å². The number of carbonyl (C=O) groups is 2. The van der Waals surface area contributed by atoms with E-state index in [1.165, 1.54) is 17.0 Å². The molecule has 3 aromatic carbocycles. The summed E-state index contributed by atoms with van der Waals surface area (Å²) in [7, 11) is -4.16. The van der Waals surface area contributed by atoms with Crippen LogP contribution in [0.15, 0.2) is 65.6 Å². The Morgan fingerprint density at radius 3 is 1.95 bits per heavy atom. The molecule has 0 spiro atoms. The number of rotatable bonds is 11. The quantitative estimate of drug-likeness (QED) is 0.268. The first-order chi connectivity index (χ1) is 19.2. The molecule has 0 bridgehead atoms. The van der Waals surface area contributed by atoms with Gasteiger partial charge in [0, 0.05) is 28.2 Å². The molecule has 0 saturated heterocycles. The minimum Gasteiger partial charge on any atom is -0.352 e. The molecule has 1 N–H and O–H groups in total. The number of nitrogens with one attached hydrogen (secondary N) is 1. The van der Waals surface area contributed by atoms with Crippen molar-refractivity contribution in [3.63, 3.8) is 0 Å². The van der Waals surface area contributed by atoms with Crippen LogP contribution in [0.4, 0.5) is 5.69 Å². The Labute approximate surface area is 253 Å². The lowest BCUT2D eigenvalue weighted by Crippen LogP contribution is -2.53. The number of sulfonamides is 1. The number of nitrogens with zero attached hydrogens (tertiary/aromatic N) is 2. The second-order valence-electron chi connectivity index (χ2n) is 10.5. The van der Waals surface area contributed by atoms with Gasteiger partial charge in [-0.3, -0.25) is 13.9 Å². The van der Waals surface area contributed by atoms with E-state index in [2.05, 4.69) is 5.32 Å². The minimum absolute atomic E-state index is 0.0559. The highest BCUT2D eigenvalue weighted by atomic mass is 35.5. The van der Waals surface area contributed by atoms with Crippen molar-refractivity contribution in [2.75, 3.05) is 10.8 Å². The predicted molar refractivity (Wildman–Crippen MR) is 166 cm³/mol. The van der Waals surface area contributed by atoms with Crippen LogP contribution in [-0.4, -0.2) is 43.8 Å². The van der Waals surface area contributed by atoms with E-state index in [-0.39, 0.29) is 23.4 Å². The molecular weight excluding hydrogens is 581 g/mol. The molecule has 3 rings (SSSR count). The van der Waals surface area contributed by atoms with Crippen LogP contribution in [0.3, 0.4) is 0 Å². The molecule has 0 heterocycles. The molecule has 41 heavy (non-hydrogen) atoms. The third-order valence-corrected chi connectivity index (χ3v) is 9.09. The number of benzene rings is 3. The fourth-order valence-electron chi connectivity index (χ4n) is 4.61. The monoisotopic (exact) mass is 617 g/mol. The van der Waals surface area contributed by atoms with Crippen LogP contribution >= 0.6 is 23.2 Å². The van der Waals surface area contributed by atoms with Crippen LogP contribution in [0.25, 0.3) is 0 Å². The highest BCUT2D eigenvalue weighted by Gasteiger charge is 2.34. The Morgan fingerprint density at radius 1 is 0.878 bits per heavy atom. The molecule has 220 valence electrons. The molecule has 10 heteroatoms. The smallest absolute Gasteiger partial charge is 0.264 e. The van der Waals surface area contributed by atoms with Gasteiger partial charge in [-0.15, -0.1) is 0 Å². The summed E-state index contributed by atoms with van der Waals surface area (Å²) < 4.78 is 29.2. The van der Waals surface area contributed by atoms with Crippen molar-refractivity contribution in [3.8, 4) is 0 Å². The van der Waals surface area contributed by atoms with E-state index in [4.69, 9.17) is 23.2 Å². The van der Waals surface area contributed by atoms with Gasteiger partial charge in [0.2, 0.25) is 11.8 Å². The van der Waals surface area contributed by atoms with Crippen molar-refractivity contribution in [1.29, 1.82) is 0 Å². The van der Waals surface area contributed by atoms with E-state index in [0.717, 1.165) is 21.0 Å². The van der Waals surface area contributed by atoms with Crippen molar-refractivity contribution in [2.24, 2.45) is 0 Å². The maximum absolute atomic E-state index is 14.2. The lowest BCUT2D eigenvalue weighted by molar-refractivity contribution is -0.140. The summed E-state index contributed by atoms with van der Waals surface area (Å²) in [6.45, 7) is 10.4. The Hall–Kier alpha value is -3.07. The second-order valence-corrected chi connectivity index (χ2v) is 13.2. The topological polar surface area (TPSA) is 86.8 Å². The standard InChI is InChI=1S/C31H37Cl2N3O4S/c1-7-29(31(38)34-20(2)3)35(18-26-27(32)9-8-10-28(26)33)30(37)19-36(24-16-22(5)15-23(6)17-24)41(39,40)25-13-11-21(4)12-14-25/h8-17,20,29H,7,18-19H2,1-6H3,(H,34,38)/t29-/m1/s1. The van der Waals surface area contributed by atoms with E-state index in [1.807, 2.05) is 40.7 Å². The maximum atomic E-state index is 14.2. The van der Waals surface area contributed by atoms with E-state index in [1.54, 1.807) is 49.4 Å². The van der Waals surface area contributed by atoms with Crippen molar-refractivity contribution in [1.82, 2.24) is 10.2 Å². The summed E-state index contributed by atoms with van der Waals surface area (Å²) in [5, 5.41) is 3.56. The van der Waals surface area contributed by atoms with E-state index < -0.39 is 28.5 Å². The number of carbonyl (C=O) groups excluding carboxylic acids is 2. The second kappa shape index (κ2) is 13.7. The summed E-state index contributed by atoms with van der Waals surface area (Å²) in [6, 6.07) is 15.8. The lowest BCUT2D eigenvalue weighted by Gasteiger charge is -2.34. The Morgan fingerprint density at radius 2 is 1.44 bits per heavy atom. The van der Waals surface area contributed by atoms with Crippen molar-refractivity contribution in [3.05, 3.63) is 93.0 Å². The first kappa shape index (κ1) is 32.4. The third kappa shape index (κ3) is 8.03. The van der Waals surface area contributed by atoms with E-state index in [0.29, 0.717) is 27.7 Å². The highest BCUT2D eigenvalue weighted by Crippen LogP contribution is 2.29. The summed E-state index contributed by atoms with van der Waals surface area (Å²) in [4.78, 5) is 28.9.